The summed E-state index contributed by atoms with van der Waals surface area (Å²) in [6, 6.07) is 9.28. The van der Waals surface area contributed by atoms with Crippen molar-refractivity contribution >= 4 is 16.9 Å². The number of aromatic nitrogens is 2. The molecule has 0 fully saturated rings. The number of ether oxygens (including phenoxy) is 1. The molecule has 0 aliphatic rings. The highest BCUT2D eigenvalue weighted by Crippen LogP contribution is 2.28. The Morgan fingerprint density at radius 2 is 2.18 bits per heavy atom. The Labute approximate surface area is 163 Å². The molecule has 0 spiro atoms. The van der Waals surface area contributed by atoms with Crippen molar-refractivity contribution in [2.45, 2.75) is 32.0 Å². The van der Waals surface area contributed by atoms with E-state index in [0.29, 0.717) is 25.3 Å². The first-order valence-corrected chi connectivity index (χ1v) is 9.37. The summed E-state index contributed by atoms with van der Waals surface area (Å²) in [7, 11) is 0. The van der Waals surface area contributed by atoms with Crippen LogP contribution in [-0.4, -0.2) is 45.3 Å². The van der Waals surface area contributed by atoms with Gasteiger partial charge in [-0.2, -0.15) is 0 Å². The van der Waals surface area contributed by atoms with Crippen molar-refractivity contribution < 1.29 is 19.7 Å². The lowest BCUT2D eigenvalue weighted by Gasteiger charge is -2.14. The van der Waals surface area contributed by atoms with Crippen LogP contribution in [0.5, 0.6) is 5.75 Å². The smallest absolute Gasteiger partial charge is 0.344 e. The van der Waals surface area contributed by atoms with Gasteiger partial charge < -0.3 is 25.3 Å². The molecular formula is C21H25N3O4. The molecule has 0 radical (unpaired) electrons. The summed E-state index contributed by atoms with van der Waals surface area (Å²) in [5, 5.41) is 23.6. The SMILES string of the molecule is CC[C@H](Oc1cccc2c(CCNC[C@H](O)c3cccnc3)c[nH]c12)C(=O)O. The summed E-state index contributed by atoms with van der Waals surface area (Å²) in [4.78, 5) is 18.5. The molecule has 0 saturated heterocycles. The van der Waals surface area contributed by atoms with Crippen LogP contribution in [0.4, 0.5) is 0 Å². The molecule has 0 unspecified atom stereocenters. The van der Waals surface area contributed by atoms with Crippen molar-refractivity contribution in [1.82, 2.24) is 15.3 Å². The van der Waals surface area contributed by atoms with Crippen LogP contribution in [0, 0.1) is 0 Å². The lowest BCUT2D eigenvalue weighted by molar-refractivity contribution is -0.145. The van der Waals surface area contributed by atoms with Crippen LogP contribution >= 0.6 is 0 Å². The van der Waals surface area contributed by atoms with E-state index in [4.69, 9.17) is 4.74 Å². The van der Waals surface area contributed by atoms with Crippen molar-refractivity contribution in [2.75, 3.05) is 13.1 Å². The highest BCUT2D eigenvalue weighted by Gasteiger charge is 2.19. The molecule has 0 bridgehead atoms. The molecule has 7 heteroatoms. The number of nitrogens with one attached hydrogen (secondary N) is 2. The van der Waals surface area contributed by atoms with Gasteiger partial charge in [0.15, 0.2) is 6.10 Å². The molecule has 1 aromatic carbocycles. The van der Waals surface area contributed by atoms with Crippen molar-refractivity contribution in [2.24, 2.45) is 0 Å². The Morgan fingerprint density at radius 3 is 2.89 bits per heavy atom. The number of carbonyl (C=O) groups is 1. The van der Waals surface area contributed by atoms with Crippen LogP contribution in [0.1, 0.15) is 30.6 Å². The van der Waals surface area contributed by atoms with E-state index in [2.05, 4.69) is 15.3 Å². The zero-order chi connectivity index (χ0) is 19.9. The number of aliphatic hydroxyl groups is 1. The number of aliphatic hydroxyl groups excluding tert-OH is 1. The molecule has 4 N–H and O–H groups in total. The number of benzene rings is 1. The summed E-state index contributed by atoms with van der Waals surface area (Å²) in [6.07, 6.45) is 4.94. The summed E-state index contributed by atoms with van der Waals surface area (Å²) in [6.45, 7) is 2.92. The summed E-state index contributed by atoms with van der Waals surface area (Å²) >= 11 is 0. The molecule has 3 rings (SSSR count). The largest absolute Gasteiger partial charge is 0.479 e. The number of rotatable bonds is 10. The quantitative estimate of drug-likeness (QED) is 0.401. The first kappa shape index (κ1) is 19.9. The summed E-state index contributed by atoms with van der Waals surface area (Å²) in [5.41, 5.74) is 2.69. The summed E-state index contributed by atoms with van der Waals surface area (Å²) < 4.78 is 5.67. The monoisotopic (exact) mass is 383 g/mol. The minimum atomic E-state index is -0.970. The fraction of sp³-hybridized carbons (Fsp3) is 0.333. The van der Waals surface area contributed by atoms with Crippen LogP contribution < -0.4 is 10.1 Å². The number of hydrogen-bond donors (Lipinski definition) is 4. The normalized spacial score (nSPS) is 13.4. The Morgan fingerprint density at radius 1 is 1.32 bits per heavy atom. The van der Waals surface area contributed by atoms with Gasteiger partial charge in [0, 0.05) is 36.1 Å². The zero-order valence-electron chi connectivity index (χ0n) is 15.8. The molecule has 2 aromatic heterocycles. The molecule has 2 heterocycles. The van der Waals surface area contributed by atoms with Gasteiger partial charge in [-0.05, 0) is 37.1 Å². The van der Waals surface area contributed by atoms with E-state index in [1.165, 1.54) is 0 Å². The van der Waals surface area contributed by atoms with Crippen molar-refractivity contribution in [1.29, 1.82) is 0 Å². The van der Waals surface area contributed by atoms with Gasteiger partial charge in [-0.3, -0.25) is 4.98 Å². The Kier molecular flexibility index (Phi) is 6.62. The van der Waals surface area contributed by atoms with E-state index in [9.17, 15) is 15.0 Å². The number of pyridine rings is 1. The minimum Gasteiger partial charge on any atom is -0.479 e. The second kappa shape index (κ2) is 9.34. The van der Waals surface area contributed by atoms with Crippen LogP contribution in [0.15, 0.2) is 48.9 Å². The van der Waals surface area contributed by atoms with Crippen molar-refractivity contribution in [3.05, 3.63) is 60.0 Å². The van der Waals surface area contributed by atoms with E-state index in [-0.39, 0.29) is 0 Å². The van der Waals surface area contributed by atoms with Crippen molar-refractivity contribution in [3.63, 3.8) is 0 Å². The van der Waals surface area contributed by atoms with E-state index in [1.54, 1.807) is 31.5 Å². The molecular weight excluding hydrogens is 358 g/mol. The average Bonchev–Trinajstić information content (AvgIpc) is 3.13. The van der Waals surface area contributed by atoms with Gasteiger partial charge >= 0.3 is 5.97 Å². The van der Waals surface area contributed by atoms with Crippen LogP contribution in [0.2, 0.25) is 0 Å². The van der Waals surface area contributed by atoms with Gasteiger partial charge in [-0.25, -0.2) is 4.79 Å². The van der Waals surface area contributed by atoms with E-state index < -0.39 is 18.2 Å². The highest BCUT2D eigenvalue weighted by molar-refractivity contribution is 5.88. The second-order valence-electron chi connectivity index (χ2n) is 6.60. The maximum atomic E-state index is 11.2. The van der Waals surface area contributed by atoms with Gasteiger partial charge in [-0.15, -0.1) is 0 Å². The molecule has 148 valence electrons. The molecule has 0 aliphatic heterocycles. The topological polar surface area (TPSA) is 107 Å². The molecule has 28 heavy (non-hydrogen) atoms. The predicted molar refractivity (Wildman–Crippen MR) is 106 cm³/mol. The second-order valence-corrected chi connectivity index (χ2v) is 6.60. The maximum Gasteiger partial charge on any atom is 0.344 e. The number of H-pyrrole nitrogens is 1. The van der Waals surface area contributed by atoms with Crippen LogP contribution in [-0.2, 0) is 11.2 Å². The fourth-order valence-corrected chi connectivity index (χ4v) is 3.10. The molecule has 2 atom stereocenters. The van der Waals surface area contributed by atoms with Gasteiger partial charge in [0.1, 0.15) is 5.75 Å². The number of aromatic amines is 1. The molecule has 0 saturated carbocycles. The first-order chi connectivity index (χ1) is 13.6. The lowest BCUT2D eigenvalue weighted by Crippen LogP contribution is -2.26. The van der Waals surface area contributed by atoms with Crippen LogP contribution in [0.25, 0.3) is 10.9 Å². The number of nitrogens with zero attached hydrogens (tertiary/aromatic N) is 1. The van der Waals surface area contributed by atoms with E-state index in [0.717, 1.165) is 28.5 Å². The fourth-order valence-electron chi connectivity index (χ4n) is 3.10. The highest BCUT2D eigenvalue weighted by atomic mass is 16.5. The molecule has 0 amide bonds. The third-order valence-electron chi connectivity index (χ3n) is 4.66. The Bertz CT molecular complexity index is 910. The summed E-state index contributed by atoms with van der Waals surface area (Å²) in [5.74, 6) is -0.430. The maximum absolute atomic E-state index is 11.2. The minimum absolute atomic E-state index is 0.391. The first-order valence-electron chi connectivity index (χ1n) is 9.37. The van der Waals surface area contributed by atoms with Crippen molar-refractivity contribution in [3.8, 4) is 5.75 Å². The molecule has 7 nitrogen and oxygen atoms in total. The standard InChI is InChI=1S/C21H25N3O4/c1-2-18(21(26)27)28-19-7-3-6-16-14(12-24-20(16)19)8-10-23-13-17(25)15-5-4-9-22-11-15/h3-7,9,11-12,17-18,23-25H,2,8,10,13H2,1H3,(H,26,27)/t17-,18-/m0/s1. The van der Waals surface area contributed by atoms with Gasteiger partial charge in [-0.1, -0.05) is 25.1 Å². The van der Waals surface area contributed by atoms with Gasteiger partial charge in [0.2, 0.25) is 0 Å². The third kappa shape index (κ3) is 4.68. The number of carboxylic acid groups (broad SMARTS) is 1. The number of para-hydroxylation sites is 1. The number of fused-ring (bicyclic) bond motifs is 1. The number of hydrogen-bond acceptors (Lipinski definition) is 5. The Hall–Kier alpha value is -2.90. The van der Waals surface area contributed by atoms with E-state index >= 15 is 0 Å². The third-order valence-corrected chi connectivity index (χ3v) is 4.66. The van der Waals surface area contributed by atoms with Gasteiger partial charge in [0.05, 0.1) is 11.6 Å². The molecule has 0 aliphatic carbocycles. The van der Waals surface area contributed by atoms with Gasteiger partial charge in [0.25, 0.3) is 0 Å². The predicted octanol–water partition coefficient (Wildman–Crippen LogP) is 2.67. The number of carboxylic acids is 1. The molecule has 3 aromatic rings. The number of aliphatic carboxylic acids is 1. The van der Waals surface area contributed by atoms with Crippen LogP contribution in [0.3, 0.4) is 0 Å². The zero-order valence-corrected chi connectivity index (χ0v) is 15.8. The lowest BCUT2D eigenvalue weighted by atomic mass is 10.1. The van der Waals surface area contributed by atoms with E-state index in [1.807, 2.05) is 24.4 Å². The Balaban J connectivity index is 1.60. The average molecular weight is 383 g/mol.